The summed E-state index contributed by atoms with van der Waals surface area (Å²) < 4.78 is 0. The van der Waals surface area contributed by atoms with Crippen molar-refractivity contribution < 1.29 is 10.2 Å². The zero-order valence-electron chi connectivity index (χ0n) is 12.6. The first kappa shape index (κ1) is 16.0. The second kappa shape index (κ2) is 7.51. The highest BCUT2D eigenvalue weighted by molar-refractivity contribution is 5.56. The fourth-order valence-corrected chi connectivity index (χ4v) is 2.28. The molecule has 0 spiro atoms. The molecule has 0 saturated carbocycles. The minimum Gasteiger partial charge on any atom is -0.395 e. The van der Waals surface area contributed by atoms with Crippen LogP contribution in [-0.4, -0.2) is 36.5 Å². The molecule has 1 rings (SSSR count). The number of anilines is 1. The number of aliphatic hydroxyl groups is 2. The number of hydrogen-bond donors (Lipinski definition) is 2. The molecule has 0 aromatic heterocycles. The van der Waals surface area contributed by atoms with E-state index in [9.17, 15) is 10.2 Å². The van der Waals surface area contributed by atoms with E-state index in [2.05, 4.69) is 50.8 Å². The summed E-state index contributed by atoms with van der Waals surface area (Å²) in [7, 11) is 0. The molecular weight excluding hydrogens is 238 g/mol. The lowest BCUT2D eigenvalue weighted by Gasteiger charge is -2.28. The molecule has 0 unspecified atom stereocenters. The van der Waals surface area contributed by atoms with Crippen molar-refractivity contribution in [3.05, 3.63) is 29.3 Å². The Morgan fingerprint density at radius 1 is 0.947 bits per heavy atom. The Balaban J connectivity index is 3.16. The SMILES string of the molecule is CC(C)c1ccc(N(CCO)CCO)c(C(C)C)c1. The van der Waals surface area contributed by atoms with Gasteiger partial charge >= 0.3 is 0 Å². The summed E-state index contributed by atoms with van der Waals surface area (Å²) >= 11 is 0. The van der Waals surface area contributed by atoms with E-state index in [1.54, 1.807) is 0 Å². The first-order valence-corrected chi connectivity index (χ1v) is 7.11. The van der Waals surface area contributed by atoms with E-state index in [0.717, 1.165) is 5.69 Å². The first-order chi connectivity index (χ1) is 9.01. The lowest BCUT2D eigenvalue weighted by Crippen LogP contribution is -2.30. The van der Waals surface area contributed by atoms with Crippen molar-refractivity contribution in [3.8, 4) is 0 Å². The van der Waals surface area contributed by atoms with Crippen LogP contribution in [0.25, 0.3) is 0 Å². The fraction of sp³-hybridized carbons (Fsp3) is 0.625. The molecule has 0 aliphatic carbocycles. The van der Waals surface area contributed by atoms with Gasteiger partial charge < -0.3 is 15.1 Å². The van der Waals surface area contributed by atoms with Crippen LogP contribution in [-0.2, 0) is 0 Å². The number of aliphatic hydroxyl groups excluding tert-OH is 2. The molecule has 0 saturated heterocycles. The Morgan fingerprint density at radius 2 is 1.53 bits per heavy atom. The van der Waals surface area contributed by atoms with E-state index in [-0.39, 0.29) is 13.2 Å². The van der Waals surface area contributed by atoms with Gasteiger partial charge in [0.05, 0.1) is 13.2 Å². The third-order valence-corrected chi connectivity index (χ3v) is 3.42. The number of benzene rings is 1. The van der Waals surface area contributed by atoms with Gasteiger partial charge in [-0.15, -0.1) is 0 Å². The molecule has 1 aromatic carbocycles. The van der Waals surface area contributed by atoms with Crippen LogP contribution in [0.2, 0.25) is 0 Å². The van der Waals surface area contributed by atoms with Gasteiger partial charge in [-0.05, 0) is 29.0 Å². The average molecular weight is 265 g/mol. The smallest absolute Gasteiger partial charge is 0.0606 e. The van der Waals surface area contributed by atoms with Crippen LogP contribution >= 0.6 is 0 Å². The third kappa shape index (κ3) is 4.22. The van der Waals surface area contributed by atoms with E-state index in [4.69, 9.17) is 0 Å². The highest BCUT2D eigenvalue weighted by Crippen LogP contribution is 2.30. The summed E-state index contributed by atoms with van der Waals surface area (Å²) in [5, 5.41) is 18.3. The van der Waals surface area contributed by atoms with Crippen LogP contribution in [0.5, 0.6) is 0 Å². The van der Waals surface area contributed by atoms with Gasteiger partial charge in [0.25, 0.3) is 0 Å². The minimum absolute atomic E-state index is 0.101. The van der Waals surface area contributed by atoms with Gasteiger partial charge in [0.2, 0.25) is 0 Å². The van der Waals surface area contributed by atoms with E-state index >= 15 is 0 Å². The summed E-state index contributed by atoms with van der Waals surface area (Å²) in [5.74, 6) is 0.935. The van der Waals surface area contributed by atoms with E-state index in [1.807, 2.05) is 0 Å². The summed E-state index contributed by atoms with van der Waals surface area (Å²) in [6, 6.07) is 6.52. The molecule has 0 atom stereocenters. The Hall–Kier alpha value is -1.06. The Kier molecular flexibility index (Phi) is 6.32. The van der Waals surface area contributed by atoms with Crippen LogP contribution in [0.15, 0.2) is 18.2 Å². The van der Waals surface area contributed by atoms with Crippen LogP contribution < -0.4 is 4.90 Å². The Labute approximate surface area is 116 Å². The number of rotatable bonds is 7. The summed E-state index contributed by atoms with van der Waals surface area (Å²) in [5.41, 5.74) is 3.75. The highest BCUT2D eigenvalue weighted by atomic mass is 16.3. The summed E-state index contributed by atoms with van der Waals surface area (Å²) in [6.07, 6.45) is 0. The molecule has 0 aliphatic heterocycles. The van der Waals surface area contributed by atoms with Crippen molar-refractivity contribution in [2.75, 3.05) is 31.2 Å². The summed E-state index contributed by atoms with van der Waals surface area (Å²) in [4.78, 5) is 2.06. The molecule has 3 heteroatoms. The van der Waals surface area contributed by atoms with Crippen LogP contribution in [0.3, 0.4) is 0 Å². The van der Waals surface area contributed by atoms with Crippen molar-refractivity contribution in [3.63, 3.8) is 0 Å². The average Bonchev–Trinajstić information content (AvgIpc) is 2.37. The number of nitrogens with zero attached hydrogens (tertiary/aromatic N) is 1. The molecule has 0 aliphatic rings. The Bertz CT molecular complexity index is 382. The van der Waals surface area contributed by atoms with Crippen molar-refractivity contribution in [1.29, 1.82) is 0 Å². The first-order valence-electron chi connectivity index (χ1n) is 7.11. The standard InChI is InChI=1S/C16H27NO2/c1-12(2)14-5-6-16(15(11-14)13(3)4)17(7-9-18)8-10-19/h5-6,11-13,18-19H,7-10H2,1-4H3. The molecule has 1 aromatic rings. The van der Waals surface area contributed by atoms with Gasteiger partial charge in [0.15, 0.2) is 0 Å². The largest absolute Gasteiger partial charge is 0.395 e. The van der Waals surface area contributed by atoms with Crippen LogP contribution in [0.1, 0.15) is 50.7 Å². The van der Waals surface area contributed by atoms with Crippen LogP contribution in [0, 0.1) is 0 Å². The van der Waals surface area contributed by atoms with Crippen molar-refractivity contribution in [2.24, 2.45) is 0 Å². The second-order valence-corrected chi connectivity index (χ2v) is 5.56. The van der Waals surface area contributed by atoms with E-state index in [1.165, 1.54) is 11.1 Å². The van der Waals surface area contributed by atoms with Crippen molar-refractivity contribution >= 4 is 5.69 Å². The van der Waals surface area contributed by atoms with Crippen molar-refractivity contribution in [1.82, 2.24) is 0 Å². The molecule has 108 valence electrons. The lowest BCUT2D eigenvalue weighted by molar-refractivity contribution is 0.281. The Morgan fingerprint density at radius 3 is 1.95 bits per heavy atom. The third-order valence-electron chi connectivity index (χ3n) is 3.42. The maximum atomic E-state index is 9.17. The molecule has 0 heterocycles. The normalized spacial score (nSPS) is 11.4. The minimum atomic E-state index is 0.101. The highest BCUT2D eigenvalue weighted by Gasteiger charge is 2.14. The molecule has 0 radical (unpaired) electrons. The molecule has 0 amide bonds. The zero-order valence-corrected chi connectivity index (χ0v) is 12.6. The second-order valence-electron chi connectivity index (χ2n) is 5.56. The number of hydrogen-bond acceptors (Lipinski definition) is 3. The monoisotopic (exact) mass is 265 g/mol. The van der Waals surface area contributed by atoms with Gasteiger partial charge in [0, 0.05) is 18.8 Å². The zero-order chi connectivity index (χ0) is 14.4. The van der Waals surface area contributed by atoms with E-state index < -0.39 is 0 Å². The van der Waals surface area contributed by atoms with Gasteiger partial charge in [-0.2, -0.15) is 0 Å². The van der Waals surface area contributed by atoms with Gasteiger partial charge in [-0.1, -0.05) is 39.8 Å². The molecule has 3 nitrogen and oxygen atoms in total. The maximum Gasteiger partial charge on any atom is 0.0606 e. The quantitative estimate of drug-likeness (QED) is 0.796. The molecule has 19 heavy (non-hydrogen) atoms. The molecule has 2 N–H and O–H groups in total. The molecule has 0 fully saturated rings. The van der Waals surface area contributed by atoms with E-state index in [0.29, 0.717) is 24.9 Å². The molecular formula is C16H27NO2. The van der Waals surface area contributed by atoms with Gasteiger partial charge in [-0.25, -0.2) is 0 Å². The maximum absolute atomic E-state index is 9.17. The fourth-order valence-electron chi connectivity index (χ4n) is 2.28. The van der Waals surface area contributed by atoms with Gasteiger partial charge in [-0.3, -0.25) is 0 Å². The molecule has 0 bridgehead atoms. The lowest BCUT2D eigenvalue weighted by atomic mass is 9.93. The van der Waals surface area contributed by atoms with Crippen molar-refractivity contribution in [2.45, 2.75) is 39.5 Å². The predicted octanol–water partition coefficient (Wildman–Crippen LogP) is 2.72. The van der Waals surface area contributed by atoms with Gasteiger partial charge in [0.1, 0.15) is 0 Å². The van der Waals surface area contributed by atoms with Crippen LogP contribution in [0.4, 0.5) is 5.69 Å². The summed E-state index contributed by atoms with van der Waals surface area (Å²) in [6.45, 7) is 10.1. The topological polar surface area (TPSA) is 43.7 Å². The predicted molar refractivity (Wildman–Crippen MR) is 81.0 cm³/mol.